The van der Waals surface area contributed by atoms with Gasteiger partial charge in [-0.15, -0.1) is 35.3 Å². The monoisotopic (exact) mass is 502 g/mol. The lowest BCUT2D eigenvalue weighted by molar-refractivity contribution is 0.461. The van der Waals surface area contributed by atoms with Crippen LogP contribution in [0.1, 0.15) is 30.0 Å². The van der Waals surface area contributed by atoms with Crippen molar-refractivity contribution in [1.29, 1.82) is 0 Å². The third-order valence-corrected chi connectivity index (χ3v) is 6.58. The van der Waals surface area contributed by atoms with Gasteiger partial charge >= 0.3 is 0 Å². The Balaban J connectivity index is 0.00000576. The van der Waals surface area contributed by atoms with E-state index in [0.717, 1.165) is 18.8 Å². The predicted molar refractivity (Wildman–Crippen MR) is 119 cm³/mol. The molecule has 1 heterocycles. The molecule has 1 unspecified atom stereocenters. The van der Waals surface area contributed by atoms with Crippen LogP contribution < -0.4 is 10.6 Å². The Labute approximate surface area is 173 Å². The van der Waals surface area contributed by atoms with Gasteiger partial charge in [-0.1, -0.05) is 0 Å². The van der Waals surface area contributed by atoms with Crippen LogP contribution in [0.25, 0.3) is 0 Å². The molecule has 0 amide bonds. The standard InChI is InChI=1S/C16H30N4O2S2.HI/c1-6-24(21,22)20(5)11-7-10-18-16(17-4)19-13(2)12-15-9-8-14(3)23-15;/h8-9,13H,6-7,10-12H2,1-5H3,(H2,17,18,19);1H. The zero-order valence-electron chi connectivity index (χ0n) is 15.7. The largest absolute Gasteiger partial charge is 0.356 e. The maximum absolute atomic E-state index is 11.7. The van der Waals surface area contributed by atoms with Gasteiger partial charge in [-0.25, -0.2) is 12.7 Å². The lowest BCUT2D eigenvalue weighted by atomic mass is 10.2. The zero-order chi connectivity index (χ0) is 18.2. The predicted octanol–water partition coefficient (Wildman–Crippen LogP) is 2.44. The summed E-state index contributed by atoms with van der Waals surface area (Å²) in [5.41, 5.74) is 0. The molecule has 1 atom stereocenters. The molecule has 25 heavy (non-hydrogen) atoms. The highest BCUT2D eigenvalue weighted by Gasteiger charge is 2.14. The molecule has 0 spiro atoms. The van der Waals surface area contributed by atoms with Gasteiger partial charge in [-0.3, -0.25) is 4.99 Å². The zero-order valence-corrected chi connectivity index (χ0v) is 19.7. The number of thiophene rings is 1. The maximum atomic E-state index is 11.7. The molecule has 0 bridgehead atoms. The molecule has 1 aromatic heterocycles. The lowest BCUT2D eigenvalue weighted by Gasteiger charge is -2.19. The van der Waals surface area contributed by atoms with E-state index in [0.29, 0.717) is 13.1 Å². The van der Waals surface area contributed by atoms with Crippen molar-refractivity contribution in [2.45, 2.75) is 39.7 Å². The molecule has 0 saturated carbocycles. The Morgan fingerprint density at radius 2 is 2.08 bits per heavy atom. The van der Waals surface area contributed by atoms with Gasteiger partial charge in [-0.2, -0.15) is 0 Å². The van der Waals surface area contributed by atoms with Crippen LogP contribution in [0.2, 0.25) is 0 Å². The van der Waals surface area contributed by atoms with Gasteiger partial charge in [0, 0.05) is 49.4 Å². The van der Waals surface area contributed by atoms with Gasteiger partial charge in [0.05, 0.1) is 5.75 Å². The Morgan fingerprint density at radius 1 is 1.40 bits per heavy atom. The summed E-state index contributed by atoms with van der Waals surface area (Å²) in [7, 11) is 0.268. The summed E-state index contributed by atoms with van der Waals surface area (Å²) in [5.74, 6) is 0.886. The summed E-state index contributed by atoms with van der Waals surface area (Å²) in [6.07, 6.45) is 1.69. The van der Waals surface area contributed by atoms with E-state index in [9.17, 15) is 8.42 Å². The molecule has 1 rings (SSSR count). The number of sulfonamides is 1. The second kappa shape index (κ2) is 12.1. The summed E-state index contributed by atoms with van der Waals surface area (Å²) >= 11 is 1.82. The van der Waals surface area contributed by atoms with Crippen LogP contribution in [0.4, 0.5) is 0 Å². The molecule has 2 N–H and O–H groups in total. The summed E-state index contributed by atoms with van der Waals surface area (Å²) in [6.45, 7) is 7.08. The van der Waals surface area contributed by atoms with E-state index in [1.165, 1.54) is 14.1 Å². The van der Waals surface area contributed by atoms with Crippen LogP contribution >= 0.6 is 35.3 Å². The van der Waals surface area contributed by atoms with E-state index in [1.54, 1.807) is 21.0 Å². The minimum atomic E-state index is -3.10. The Kier molecular flexibility index (Phi) is 11.9. The molecule has 9 heteroatoms. The minimum absolute atomic E-state index is 0. The first-order chi connectivity index (χ1) is 11.3. The number of guanidine groups is 1. The van der Waals surface area contributed by atoms with Gasteiger partial charge in [-0.05, 0) is 39.3 Å². The third kappa shape index (κ3) is 9.20. The van der Waals surface area contributed by atoms with Gasteiger partial charge in [0.2, 0.25) is 10.0 Å². The Morgan fingerprint density at radius 3 is 2.60 bits per heavy atom. The molecule has 0 aliphatic heterocycles. The van der Waals surface area contributed by atoms with Gasteiger partial charge in [0.15, 0.2) is 5.96 Å². The molecule has 0 aliphatic carbocycles. The molecule has 1 aromatic rings. The molecule has 0 saturated heterocycles. The van der Waals surface area contributed by atoms with Crippen LogP contribution in [-0.2, 0) is 16.4 Å². The van der Waals surface area contributed by atoms with Crippen LogP contribution in [0.3, 0.4) is 0 Å². The first-order valence-corrected chi connectivity index (χ1v) is 10.7. The number of rotatable bonds is 9. The topological polar surface area (TPSA) is 73.8 Å². The fourth-order valence-electron chi connectivity index (χ4n) is 2.24. The fourth-order valence-corrected chi connectivity index (χ4v) is 4.11. The van der Waals surface area contributed by atoms with E-state index in [4.69, 9.17) is 0 Å². The van der Waals surface area contributed by atoms with Gasteiger partial charge in [0.25, 0.3) is 0 Å². The van der Waals surface area contributed by atoms with E-state index < -0.39 is 10.0 Å². The molecule has 6 nitrogen and oxygen atoms in total. The summed E-state index contributed by atoms with van der Waals surface area (Å²) < 4.78 is 24.8. The molecule has 0 aliphatic rings. The van der Waals surface area contributed by atoms with E-state index in [-0.39, 0.29) is 35.8 Å². The number of aliphatic imine (C=N–C) groups is 1. The van der Waals surface area contributed by atoms with Crippen molar-refractivity contribution >= 4 is 51.3 Å². The average molecular weight is 502 g/mol. The average Bonchev–Trinajstić information content (AvgIpc) is 2.94. The van der Waals surface area contributed by atoms with Crippen molar-refractivity contribution in [1.82, 2.24) is 14.9 Å². The number of nitrogens with one attached hydrogen (secondary N) is 2. The first kappa shape index (κ1) is 24.6. The highest BCUT2D eigenvalue weighted by molar-refractivity contribution is 14.0. The summed E-state index contributed by atoms with van der Waals surface area (Å²) in [4.78, 5) is 6.90. The Hall–Kier alpha value is -0.390. The van der Waals surface area contributed by atoms with Crippen LogP contribution in [0.5, 0.6) is 0 Å². The highest BCUT2D eigenvalue weighted by Crippen LogP contribution is 2.16. The smallest absolute Gasteiger partial charge is 0.213 e. The van der Waals surface area contributed by atoms with Crippen molar-refractivity contribution < 1.29 is 8.42 Å². The fraction of sp³-hybridized carbons (Fsp3) is 0.688. The van der Waals surface area contributed by atoms with Crippen molar-refractivity contribution in [3.63, 3.8) is 0 Å². The van der Waals surface area contributed by atoms with Crippen LogP contribution in [-0.4, -0.2) is 57.7 Å². The van der Waals surface area contributed by atoms with E-state index >= 15 is 0 Å². The van der Waals surface area contributed by atoms with E-state index in [1.807, 2.05) is 11.3 Å². The van der Waals surface area contributed by atoms with Gasteiger partial charge < -0.3 is 10.6 Å². The molecule has 0 radical (unpaired) electrons. The van der Waals surface area contributed by atoms with Gasteiger partial charge in [0.1, 0.15) is 0 Å². The second-order valence-corrected chi connectivity index (χ2v) is 9.57. The summed E-state index contributed by atoms with van der Waals surface area (Å²) in [6, 6.07) is 4.58. The molecule has 0 fully saturated rings. The number of aryl methyl sites for hydroxylation is 1. The van der Waals surface area contributed by atoms with Crippen LogP contribution in [0.15, 0.2) is 17.1 Å². The maximum Gasteiger partial charge on any atom is 0.213 e. The number of hydrogen-bond acceptors (Lipinski definition) is 4. The van der Waals surface area contributed by atoms with E-state index in [2.05, 4.69) is 41.6 Å². The van der Waals surface area contributed by atoms with Crippen molar-refractivity contribution in [3.8, 4) is 0 Å². The second-order valence-electron chi connectivity index (χ2n) is 5.84. The number of halogens is 1. The quantitative estimate of drug-likeness (QED) is 0.236. The molecule has 146 valence electrons. The number of hydrogen-bond donors (Lipinski definition) is 2. The highest BCUT2D eigenvalue weighted by atomic mass is 127. The van der Waals surface area contributed by atoms with Crippen molar-refractivity contribution in [3.05, 3.63) is 21.9 Å². The minimum Gasteiger partial charge on any atom is -0.356 e. The third-order valence-electron chi connectivity index (χ3n) is 3.69. The Bertz CT molecular complexity index is 632. The van der Waals surface area contributed by atoms with Crippen LogP contribution in [0, 0.1) is 6.92 Å². The number of nitrogens with zero attached hydrogens (tertiary/aromatic N) is 2. The lowest BCUT2D eigenvalue weighted by Crippen LogP contribution is -2.43. The molecule has 0 aromatic carbocycles. The molecular weight excluding hydrogens is 471 g/mol. The SMILES string of the molecule is CCS(=O)(=O)N(C)CCCNC(=NC)NC(C)Cc1ccc(C)s1.I. The van der Waals surface area contributed by atoms with Crippen molar-refractivity contribution in [2.75, 3.05) is 32.9 Å². The summed E-state index contributed by atoms with van der Waals surface area (Å²) in [5, 5.41) is 6.60. The first-order valence-electron chi connectivity index (χ1n) is 8.25. The normalized spacial score (nSPS) is 13.4. The van der Waals surface area contributed by atoms with Crippen molar-refractivity contribution in [2.24, 2.45) is 4.99 Å². The molecular formula is C16H31IN4O2S2.